The van der Waals surface area contributed by atoms with E-state index in [-0.39, 0.29) is 22.7 Å². The predicted octanol–water partition coefficient (Wildman–Crippen LogP) is 1.33. The molecule has 0 saturated heterocycles. The molecule has 2 rings (SSSR count). The van der Waals surface area contributed by atoms with Crippen molar-refractivity contribution in [2.75, 3.05) is 7.11 Å². The summed E-state index contributed by atoms with van der Waals surface area (Å²) in [4.78, 5) is 41.0. The molecule has 2 heterocycles. The van der Waals surface area contributed by atoms with E-state index in [2.05, 4.69) is 19.9 Å². The first kappa shape index (κ1) is 12.8. The van der Waals surface area contributed by atoms with Gasteiger partial charge in [0.1, 0.15) is 0 Å². The minimum Gasteiger partial charge on any atom is -0.463 e. The van der Waals surface area contributed by atoms with Gasteiger partial charge in [0.15, 0.2) is 0 Å². The average Bonchev–Trinajstić information content (AvgIpc) is 2.43. The largest absolute Gasteiger partial charge is 0.463 e. The van der Waals surface area contributed by atoms with Crippen LogP contribution < -0.4 is 5.63 Å². The molecule has 0 aliphatic heterocycles. The summed E-state index contributed by atoms with van der Waals surface area (Å²) in [5, 5.41) is 2.97. The third kappa shape index (κ3) is 2.19. The number of nitrogens with zero attached hydrogens (tertiary/aromatic N) is 3. The van der Waals surface area contributed by atoms with Gasteiger partial charge in [0.05, 0.1) is 12.5 Å². The first-order chi connectivity index (χ1) is 9.10. The molecular formula is C11H9N3O5. The van der Waals surface area contributed by atoms with Gasteiger partial charge in [-0.1, -0.05) is 6.92 Å². The monoisotopic (exact) mass is 263 g/mol. The van der Waals surface area contributed by atoms with Gasteiger partial charge in [-0.25, -0.2) is 9.59 Å². The molecule has 0 amide bonds. The molecule has 2 aromatic rings. The molecule has 19 heavy (non-hydrogen) atoms. The van der Waals surface area contributed by atoms with E-state index in [1.54, 1.807) is 6.92 Å². The van der Waals surface area contributed by atoms with Crippen LogP contribution >= 0.6 is 0 Å². The highest BCUT2D eigenvalue weighted by Gasteiger charge is 2.19. The second-order valence-corrected chi connectivity index (χ2v) is 3.58. The van der Waals surface area contributed by atoms with Gasteiger partial charge >= 0.3 is 11.6 Å². The zero-order valence-corrected chi connectivity index (χ0v) is 10.2. The third-order valence-corrected chi connectivity index (χ3v) is 2.50. The Hall–Kier alpha value is -2.64. The van der Waals surface area contributed by atoms with Crippen LogP contribution in [0.3, 0.4) is 0 Å². The molecule has 0 aliphatic carbocycles. The Morgan fingerprint density at radius 1 is 1.47 bits per heavy atom. The summed E-state index contributed by atoms with van der Waals surface area (Å²) in [7, 11) is 1.14. The van der Waals surface area contributed by atoms with E-state index in [1.807, 2.05) is 0 Å². The highest BCUT2D eigenvalue weighted by atomic mass is 16.5. The zero-order chi connectivity index (χ0) is 14.0. The Morgan fingerprint density at radius 3 is 2.79 bits per heavy atom. The highest BCUT2D eigenvalue weighted by Crippen LogP contribution is 2.25. The molecule has 0 radical (unpaired) electrons. The molecule has 0 atom stereocenters. The number of fused-ring (bicyclic) bond motifs is 1. The third-order valence-electron chi connectivity index (χ3n) is 2.50. The quantitative estimate of drug-likeness (QED) is 0.606. The maximum Gasteiger partial charge on any atom is 0.376 e. The highest BCUT2D eigenvalue weighted by molar-refractivity contribution is 5.92. The summed E-state index contributed by atoms with van der Waals surface area (Å²) >= 11 is 0. The molecule has 8 heteroatoms. The van der Waals surface area contributed by atoms with Gasteiger partial charge in [-0.2, -0.15) is 9.97 Å². The second-order valence-electron chi connectivity index (χ2n) is 3.58. The van der Waals surface area contributed by atoms with Crippen LogP contribution in [0.4, 0.5) is 5.82 Å². The van der Waals surface area contributed by atoms with Crippen molar-refractivity contribution in [2.24, 2.45) is 5.18 Å². The number of carbonyl (C=O) groups excluding carboxylic acids is 1. The van der Waals surface area contributed by atoms with E-state index in [9.17, 15) is 14.5 Å². The zero-order valence-electron chi connectivity index (χ0n) is 10.2. The van der Waals surface area contributed by atoms with Crippen molar-refractivity contribution in [3.05, 3.63) is 32.8 Å². The lowest BCUT2D eigenvalue weighted by atomic mass is 10.1. The molecule has 0 spiro atoms. The van der Waals surface area contributed by atoms with Crippen molar-refractivity contribution in [1.29, 1.82) is 0 Å². The van der Waals surface area contributed by atoms with E-state index in [0.717, 1.165) is 7.11 Å². The first-order valence-electron chi connectivity index (χ1n) is 5.37. The Bertz CT molecular complexity index is 722. The van der Waals surface area contributed by atoms with E-state index in [0.29, 0.717) is 12.0 Å². The molecule has 0 N–H and O–H groups in total. The normalized spacial score (nSPS) is 10.4. The number of ether oxygens (including phenoxy) is 1. The van der Waals surface area contributed by atoms with Gasteiger partial charge in [-0.3, -0.25) is 0 Å². The second kappa shape index (κ2) is 4.92. The Labute approximate surface area is 106 Å². The summed E-state index contributed by atoms with van der Waals surface area (Å²) in [6.07, 6.45) is 0.464. The van der Waals surface area contributed by atoms with Crippen LogP contribution in [0.1, 0.15) is 23.1 Å². The fourth-order valence-corrected chi connectivity index (χ4v) is 1.65. The lowest BCUT2D eigenvalue weighted by molar-refractivity contribution is 0.0587. The van der Waals surface area contributed by atoms with E-state index < -0.39 is 11.6 Å². The number of hydrogen-bond donors (Lipinski definition) is 0. The van der Waals surface area contributed by atoms with Crippen LogP contribution in [-0.2, 0) is 11.2 Å². The first-order valence-corrected chi connectivity index (χ1v) is 5.37. The van der Waals surface area contributed by atoms with Crippen LogP contribution in [-0.4, -0.2) is 23.0 Å². The van der Waals surface area contributed by atoms with Crippen LogP contribution in [0.5, 0.6) is 0 Å². The number of esters is 1. The Balaban J connectivity index is 2.88. The Morgan fingerprint density at radius 2 is 2.21 bits per heavy atom. The standard InChI is InChI=1S/C11H9N3O5/c1-3-5-4-6(15)19-10-7(5)8(14-17)12-9(13-10)11(16)18-2/h4H,3H2,1-2H3. The molecule has 8 nitrogen and oxygen atoms in total. The Kier molecular flexibility index (Phi) is 3.32. The van der Waals surface area contributed by atoms with Crippen molar-refractivity contribution in [3.8, 4) is 0 Å². The predicted molar refractivity (Wildman–Crippen MR) is 64.2 cm³/mol. The van der Waals surface area contributed by atoms with Gasteiger partial charge in [-0.15, -0.1) is 4.91 Å². The fraction of sp³-hybridized carbons (Fsp3) is 0.273. The van der Waals surface area contributed by atoms with Crippen LogP contribution in [0.25, 0.3) is 11.1 Å². The van der Waals surface area contributed by atoms with Gasteiger partial charge in [0.25, 0.3) is 0 Å². The fourth-order valence-electron chi connectivity index (χ4n) is 1.65. The molecular weight excluding hydrogens is 254 g/mol. The number of aryl methyl sites for hydroxylation is 1. The van der Waals surface area contributed by atoms with Gasteiger partial charge in [0.2, 0.25) is 17.4 Å². The maximum atomic E-state index is 11.4. The average molecular weight is 263 g/mol. The van der Waals surface area contributed by atoms with Crippen molar-refractivity contribution in [3.63, 3.8) is 0 Å². The number of methoxy groups -OCH3 is 1. The van der Waals surface area contributed by atoms with E-state index >= 15 is 0 Å². The van der Waals surface area contributed by atoms with Crippen LogP contribution in [0, 0.1) is 4.91 Å². The summed E-state index contributed by atoms with van der Waals surface area (Å²) in [6.45, 7) is 1.79. The van der Waals surface area contributed by atoms with Crippen LogP contribution in [0.15, 0.2) is 20.5 Å². The summed E-state index contributed by atoms with van der Waals surface area (Å²) in [6, 6.07) is 1.23. The van der Waals surface area contributed by atoms with Crippen molar-refractivity contribution >= 4 is 22.9 Å². The molecule has 0 saturated carbocycles. The van der Waals surface area contributed by atoms with Crippen molar-refractivity contribution in [2.45, 2.75) is 13.3 Å². The van der Waals surface area contributed by atoms with Crippen molar-refractivity contribution < 1.29 is 13.9 Å². The van der Waals surface area contributed by atoms with Crippen molar-refractivity contribution in [1.82, 2.24) is 9.97 Å². The SMILES string of the molecule is CCc1cc(=O)oc2nc(C(=O)OC)nc(N=O)c12. The van der Waals surface area contributed by atoms with Gasteiger partial charge < -0.3 is 9.15 Å². The summed E-state index contributed by atoms with van der Waals surface area (Å²) in [5.74, 6) is -1.50. The summed E-state index contributed by atoms with van der Waals surface area (Å²) < 4.78 is 9.31. The van der Waals surface area contributed by atoms with Gasteiger partial charge in [-0.05, 0) is 17.2 Å². The van der Waals surface area contributed by atoms with Crippen LogP contribution in [0.2, 0.25) is 0 Å². The number of hydrogen-bond acceptors (Lipinski definition) is 8. The minimum absolute atomic E-state index is 0.158. The number of nitroso groups, excluding NO2 is 1. The lowest BCUT2D eigenvalue weighted by Gasteiger charge is -2.04. The van der Waals surface area contributed by atoms with Gasteiger partial charge in [0, 0.05) is 6.07 Å². The molecule has 0 unspecified atom stereocenters. The lowest BCUT2D eigenvalue weighted by Crippen LogP contribution is -2.10. The summed E-state index contributed by atoms with van der Waals surface area (Å²) in [5.41, 5.74) is -0.262. The molecule has 0 aromatic carbocycles. The smallest absolute Gasteiger partial charge is 0.376 e. The van der Waals surface area contributed by atoms with E-state index in [1.165, 1.54) is 6.07 Å². The minimum atomic E-state index is -0.851. The molecule has 0 bridgehead atoms. The number of rotatable bonds is 3. The molecule has 0 fully saturated rings. The topological polar surface area (TPSA) is 112 Å². The molecule has 0 aliphatic rings. The molecule has 2 aromatic heterocycles. The maximum absolute atomic E-state index is 11.4. The number of carbonyl (C=O) groups is 1. The molecule has 98 valence electrons. The van der Waals surface area contributed by atoms with E-state index in [4.69, 9.17) is 4.42 Å². The number of aromatic nitrogens is 2.